The number of imidazole rings is 2. The van der Waals surface area contributed by atoms with E-state index in [2.05, 4.69) is 24.6 Å². The first-order chi connectivity index (χ1) is 22.0. The van der Waals surface area contributed by atoms with E-state index in [0.717, 1.165) is 36.8 Å². The number of hydrogen-bond donors (Lipinski definition) is 0. The summed E-state index contributed by atoms with van der Waals surface area (Å²) < 4.78 is 36.5. The topological polar surface area (TPSA) is 112 Å². The lowest BCUT2D eigenvalue weighted by atomic mass is 9.70. The third kappa shape index (κ3) is 6.34. The zero-order chi connectivity index (χ0) is 32.6. The molecule has 0 N–H and O–H groups in total. The van der Waals surface area contributed by atoms with Crippen LogP contribution >= 0.6 is 0 Å². The van der Waals surface area contributed by atoms with Gasteiger partial charge in [0.25, 0.3) is 5.91 Å². The number of ether oxygens (including phenoxy) is 1. The molecule has 244 valence electrons. The Hall–Kier alpha value is -3.62. The second-order valence-electron chi connectivity index (χ2n) is 13.5. The van der Waals surface area contributed by atoms with Crippen LogP contribution in [-0.2, 0) is 37.7 Å². The maximum Gasteiger partial charge on any atom is 0.308 e. The van der Waals surface area contributed by atoms with Crippen molar-refractivity contribution < 1.29 is 22.8 Å². The maximum absolute atomic E-state index is 14.8. The van der Waals surface area contributed by atoms with E-state index in [1.807, 2.05) is 65.2 Å². The molecule has 4 aromatic rings. The standard InChI is InChI=1S/C33H42N6O5SSi/c1-36(2)45(41,42)38-19-28(35-22-38)30-29-26(18-27-32(30)37(21-34-27)23-43-16-17-46(3,4)5)20-44-39(33(29)40)31(24-12-8-6-9-13-24)25-14-10-7-11-15-25/h6-15,19,21-22,26,29-31H,16-18,20,23H2,1-5H3/t26-,29-,30+/m1/s1. The number of amides is 1. The molecular weight excluding hydrogens is 621 g/mol. The molecule has 1 saturated heterocycles. The van der Waals surface area contributed by atoms with E-state index in [0.29, 0.717) is 25.3 Å². The molecule has 2 aromatic heterocycles. The molecule has 2 aromatic carbocycles. The largest absolute Gasteiger partial charge is 0.361 e. The fourth-order valence-corrected chi connectivity index (χ4v) is 7.90. The van der Waals surface area contributed by atoms with Crippen molar-refractivity contribution >= 4 is 24.2 Å². The van der Waals surface area contributed by atoms with E-state index in [1.165, 1.54) is 31.7 Å². The van der Waals surface area contributed by atoms with Gasteiger partial charge in [0.05, 0.1) is 41.9 Å². The highest BCUT2D eigenvalue weighted by atomic mass is 32.2. The number of carbonyl (C=O) groups excluding carboxylic acids is 1. The Kier molecular flexibility index (Phi) is 9.05. The number of rotatable bonds is 11. The molecule has 11 nitrogen and oxygen atoms in total. The van der Waals surface area contributed by atoms with Crippen LogP contribution in [0.2, 0.25) is 25.7 Å². The average Bonchev–Trinajstić information content (AvgIpc) is 3.68. The summed E-state index contributed by atoms with van der Waals surface area (Å²) >= 11 is 0. The molecule has 46 heavy (non-hydrogen) atoms. The van der Waals surface area contributed by atoms with Crippen molar-refractivity contribution in [3.63, 3.8) is 0 Å². The molecule has 0 spiro atoms. The van der Waals surface area contributed by atoms with Gasteiger partial charge in [-0.1, -0.05) is 80.3 Å². The predicted molar refractivity (Wildman–Crippen MR) is 177 cm³/mol. The fraction of sp³-hybridized carbons (Fsp3) is 0.424. The van der Waals surface area contributed by atoms with Gasteiger partial charge in [-0.15, -0.1) is 0 Å². The molecule has 13 heteroatoms. The SMILES string of the molecule is CN(C)S(=O)(=O)n1cnc([C@@H]2c3c(ncn3COCC[Si](C)(C)C)C[C@@H]3CON(C(c4ccccc4)c4ccccc4)C(=O)[C@H]32)c1. The molecule has 0 radical (unpaired) electrons. The lowest BCUT2D eigenvalue weighted by molar-refractivity contribution is -0.230. The van der Waals surface area contributed by atoms with E-state index >= 15 is 0 Å². The van der Waals surface area contributed by atoms with Crippen molar-refractivity contribution in [2.45, 2.75) is 50.8 Å². The number of nitrogens with zero attached hydrogens (tertiary/aromatic N) is 6. The predicted octanol–water partition coefficient (Wildman–Crippen LogP) is 4.53. The molecular formula is C33H42N6O5SSi. The highest BCUT2D eigenvalue weighted by Crippen LogP contribution is 2.47. The Labute approximate surface area is 271 Å². The Morgan fingerprint density at radius 3 is 2.26 bits per heavy atom. The summed E-state index contributed by atoms with van der Waals surface area (Å²) in [5.41, 5.74) is 4.01. The monoisotopic (exact) mass is 662 g/mol. The van der Waals surface area contributed by atoms with Gasteiger partial charge in [-0.3, -0.25) is 9.63 Å². The molecule has 0 saturated carbocycles. The fourth-order valence-electron chi connectivity index (χ4n) is 6.36. The van der Waals surface area contributed by atoms with Gasteiger partial charge in [-0.25, -0.2) is 19.0 Å². The molecule has 0 unspecified atom stereocenters. The van der Waals surface area contributed by atoms with Gasteiger partial charge in [0, 0.05) is 40.9 Å². The molecule has 3 atom stereocenters. The van der Waals surface area contributed by atoms with Gasteiger partial charge in [-0.05, 0) is 23.6 Å². The van der Waals surface area contributed by atoms with Crippen LogP contribution in [0.3, 0.4) is 0 Å². The van der Waals surface area contributed by atoms with E-state index in [-0.39, 0.29) is 18.6 Å². The minimum Gasteiger partial charge on any atom is -0.361 e. The Morgan fingerprint density at radius 1 is 1.00 bits per heavy atom. The summed E-state index contributed by atoms with van der Waals surface area (Å²) in [7, 11) is -2.16. The Morgan fingerprint density at radius 2 is 1.65 bits per heavy atom. The van der Waals surface area contributed by atoms with Crippen molar-refractivity contribution in [1.29, 1.82) is 0 Å². The highest BCUT2D eigenvalue weighted by molar-refractivity contribution is 7.87. The van der Waals surface area contributed by atoms with Crippen LogP contribution in [0.1, 0.15) is 40.2 Å². The third-order valence-electron chi connectivity index (χ3n) is 8.82. The van der Waals surface area contributed by atoms with Crippen LogP contribution in [-0.4, -0.2) is 77.6 Å². The summed E-state index contributed by atoms with van der Waals surface area (Å²) in [6.45, 7) is 8.14. The van der Waals surface area contributed by atoms with Gasteiger partial charge < -0.3 is 9.30 Å². The number of benzene rings is 2. The highest BCUT2D eigenvalue weighted by Gasteiger charge is 2.51. The van der Waals surface area contributed by atoms with E-state index in [1.54, 1.807) is 6.33 Å². The quantitative estimate of drug-likeness (QED) is 0.171. The smallest absolute Gasteiger partial charge is 0.308 e. The number of hydrogen-bond acceptors (Lipinski definition) is 7. The van der Waals surface area contributed by atoms with Crippen LogP contribution in [0.5, 0.6) is 0 Å². The van der Waals surface area contributed by atoms with Crippen LogP contribution in [0.25, 0.3) is 0 Å². The number of aromatic nitrogens is 4. The van der Waals surface area contributed by atoms with Crippen LogP contribution in [0, 0.1) is 11.8 Å². The minimum atomic E-state index is -3.82. The van der Waals surface area contributed by atoms with E-state index in [4.69, 9.17) is 14.6 Å². The molecule has 1 aliphatic carbocycles. The molecule has 6 rings (SSSR count). The van der Waals surface area contributed by atoms with Crippen molar-refractivity contribution in [1.82, 2.24) is 27.9 Å². The first-order valence-corrected chi connectivity index (χ1v) is 20.7. The van der Waals surface area contributed by atoms with Crippen molar-refractivity contribution in [2.75, 3.05) is 27.3 Å². The minimum absolute atomic E-state index is 0.179. The lowest BCUT2D eigenvalue weighted by Gasteiger charge is -2.45. The van der Waals surface area contributed by atoms with E-state index < -0.39 is 36.2 Å². The molecule has 1 aliphatic heterocycles. The lowest BCUT2D eigenvalue weighted by Crippen LogP contribution is -2.52. The van der Waals surface area contributed by atoms with Crippen LogP contribution in [0.4, 0.5) is 0 Å². The van der Waals surface area contributed by atoms with Crippen LogP contribution in [0.15, 0.2) is 79.5 Å². The Bertz CT molecular complexity index is 1730. The number of fused-ring (bicyclic) bond motifs is 2. The average molecular weight is 663 g/mol. The third-order valence-corrected chi connectivity index (χ3v) is 12.2. The summed E-state index contributed by atoms with van der Waals surface area (Å²) in [4.78, 5) is 30.6. The van der Waals surface area contributed by atoms with Gasteiger partial charge in [-0.2, -0.15) is 12.7 Å². The molecule has 2 aliphatic rings. The number of carbonyl (C=O) groups is 1. The second kappa shape index (κ2) is 12.9. The van der Waals surface area contributed by atoms with Gasteiger partial charge in [0.1, 0.15) is 19.1 Å². The maximum atomic E-state index is 14.8. The molecule has 1 amide bonds. The van der Waals surface area contributed by atoms with Crippen molar-refractivity contribution in [2.24, 2.45) is 11.8 Å². The zero-order valence-corrected chi connectivity index (χ0v) is 28.8. The van der Waals surface area contributed by atoms with Crippen molar-refractivity contribution in [3.05, 3.63) is 108 Å². The van der Waals surface area contributed by atoms with Gasteiger partial charge in [0.2, 0.25) is 0 Å². The summed E-state index contributed by atoms with van der Waals surface area (Å²) in [6.07, 6.45) is 5.14. The first kappa shape index (κ1) is 32.3. The Balaban J connectivity index is 1.42. The first-order valence-electron chi connectivity index (χ1n) is 15.6. The van der Waals surface area contributed by atoms with E-state index in [9.17, 15) is 13.2 Å². The molecule has 0 bridgehead atoms. The van der Waals surface area contributed by atoms with Gasteiger partial charge in [0.15, 0.2) is 0 Å². The molecule has 1 fully saturated rings. The second-order valence-corrected chi connectivity index (χ2v) is 21.1. The normalized spacial score (nSPS) is 20.3. The summed E-state index contributed by atoms with van der Waals surface area (Å²) in [5, 5.41) is 1.52. The number of hydroxylamine groups is 2. The van der Waals surface area contributed by atoms with Crippen LogP contribution < -0.4 is 0 Å². The summed E-state index contributed by atoms with van der Waals surface area (Å²) in [6, 6.07) is 20.3. The zero-order valence-electron chi connectivity index (χ0n) is 27.0. The summed E-state index contributed by atoms with van der Waals surface area (Å²) in [5.74, 6) is -1.50. The van der Waals surface area contributed by atoms with Crippen molar-refractivity contribution in [3.8, 4) is 0 Å². The molecule has 3 heterocycles. The van der Waals surface area contributed by atoms with Gasteiger partial charge >= 0.3 is 10.2 Å².